The Morgan fingerprint density at radius 3 is 2.81 bits per heavy atom. The third-order valence-electron chi connectivity index (χ3n) is 4.54. The van der Waals surface area contributed by atoms with Crippen molar-refractivity contribution in [3.05, 3.63) is 35.0 Å². The monoisotopic (exact) mass is 370 g/mol. The van der Waals surface area contributed by atoms with Gasteiger partial charge in [-0.1, -0.05) is 12.1 Å². The summed E-state index contributed by atoms with van der Waals surface area (Å²) in [5.74, 6) is 0.506. The summed E-state index contributed by atoms with van der Waals surface area (Å²) >= 11 is 0. The number of aryl methyl sites for hydroxylation is 2. The number of hydrogen-bond donors (Lipinski definition) is 0. The first-order chi connectivity index (χ1) is 12.3. The molecule has 0 saturated carbocycles. The van der Waals surface area contributed by atoms with Gasteiger partial charge in [0.25, 0.3) is 0 Å². The Morgan fingerprint density at radius 2 is 2.15 bits per heavy atom. The number of amides is 1. The van der Waals surface area contributed by atoms with Gasteiger partial charge >= 0.3 is 6.18 Å². The molecule has 1 aliphatic rings. The maximum Gasteiger partial charge on any atom is 0.435 e. The average molecular weight is 370 g/mol. The highest BCUT2D eigenvalue weighted by atomic mass is 19.4. The van der Waals surface area contributed by atoms with Gasteiger partial charge in [0.05, 0.1) is 6.04 Å². The van der Waals surface area contributed by atoms with E-state index in [-0.39, 0.29) is 18.5 Å². The first-order valence-corrected chi connectivity index (χ1v) is 8.66. The number of carbonyl (C=O) groups is 1. The molecule has 1 fully saturated rings. The smallest absolute Gasteiger partial charge is 0.361 e. The van der Waals surface area contributed by atoms with E-state index in [0.717, 1.165) is 42.2 Å². The van der Waals surface area contributed by atoms with Gasteiger partial charge in [0.15, 0.2) is 5.69 Å². The van der Waals surface area contributed by atoms with Crippen molar-refractivity contribution in [1.82, 2.24) is 19.8 Å². The quantitative estimate of drug-likeness (QED) is 0.808. The van der Waals surface area contributed by atoms with Gasteiger partial charge in [0.2, 0.25) is 5.91 Å². The molecule has 0 bridgehead atoms. The van der Waals surface area contributed by atoms with Crippen LogP contribution in [0.2, 0.25) is 0 Å². The number of nitrogens with zero attached hydrogens (tertiary/aromatic N) is 4. The molecule has 0 aromatic carbocycles. The number of likely N-dealkylation sites (tertiary alicyclic amines) is 1. The van der Waals surface area contributed by atoms with Crippen molar-refractivity contribution in [1.29, 1.82) is 0 Å². The highest BCUT2D eigenvalue weighted by molar-refractivity contribution is 5.76. The Balaban J connectivity index is 1.73. The van der Waals surface area contributed by atoms with Crippen LogP contribution in [0.25, 0.3) is 0 Å². The summed E-state index contributed by atoms with van der Waals surface area (Å²) < 4.78 is 44.7. The van der Waals surface area contributed by atoms with E-state index in [0.29, 0.717) is 17.9 Å². The maximum atomic E-state index is 12.8. The van der Waals surface area contributed by atoms with Crippen LogP contribution in [-0.4, -0.2) is 32.3 Å². The molecule has 0 unspecified atom stereocenters. The van der Waals surface area contributed by atoms with Gasteiger partial charge in [-0.25, -0.2) is 0 Å². The molecular weight excluding hydrogens is 349 g/mol. The predicted molar refractivity (Wildman–Crippen MR) is 86.2 cm³/mol. The second-order valence-electron chi connectivity index (χ2n) is 6.54. The number of carbonyl (C=O) groups excluding carboxylic acids is 1. The molecule has 2 aromatic rings. The molecule has 9 heteroatoms. The lowest BCUT2D eigenvalue weighted by Gasteiger charge is -2.23. The molecular formula is C17H21F3N4O2. The number of rotatable bonds is 5. The molecule has 1 saturated heterocycles. The molecule has 6 nitrogen and oxygen atoms in total. The SMILES string of the molecule is CCCc1cc([C@H]2CCCN2C(=O)Cn2nc(C(F)(F)F)cc2C)no1. The lowest BCUT2D eigenvalue weighted by molar-refractivity contribution is -0.142. The van der Waals surface area contributed by atoms with Crippen molar-refractivity contribution in [2.24, 2.45) is 0 Å². The van der Waals surface area contributed by atoms with Gasteiger partial charge < -0.3 is 9.42 Å². The Kier molecular flexibility index (Phi) is 5.06. The normalized spacial score (nSPS) is 17.9. The van der Waals surface area contributed by atoms with Crippen LogP contribution in [0.1, 0.15) is 55.1 Å². The summed E-state index contributed by atoms with van der Waals surface area (Å²) in [6, 6.07) is 2.61. The summed E-state index contributed by atoms with van der Waals surface area (Å²) in [5.41, 5.74) is 0.0158. The standard InChI is InChI=1S/C17H21F3N4O2/c1-3-5-12-9-13(22-26-12)14-6-4-7-23(14)16(25)10-24-11(2)8-15(21-24)17(18,19)20/h8-9,14H,3-7,10H2,1-2H3/t14-/m1/s1. The minimum absolute atomic E-state index is 0.199. The van der Waals surface area contributed by atoms with Gasteiger partial charge in [-0.3, -0.25) is 9.48 Å². The minimum atomic E-state index is -4.52. The van der Waals surface area contributed by atoms with Gasteiger partial charge in [-0.15, -0.1) is 0 Å². The van der Waals surface area contributed by atoms with Crippen LogP contribution in [0, 0.1) is 6.92 Å². The van der Waals surface area contributed by atoms with Crippen LogP contribution >= 0.6 is 0 Å². The van der Waals surface area contributed by atoms with Crippen LogP contribution < -0.4 is 0 Å². The minimum Gasteiger partial charge on any atom is -0.361 e. The van der Waals surface area contributed by atoms with Crippen molar-refractivity contribution in [3.63, 3.8) is 0 Å². The Labute approximate surface area is 148 Å². The molecule has 0 aliphatic carbocycles. The fraction of sp³-hybridized carbons (Fsp3) is 0.588. The van der Waals surface area contributed by atoms with E-state index in [1.54, 1.807) is 4.90 Å². The number of halogens is 3. The topological polar surface area (TPSA) is 64.2 Å². The van der Waals surface area contributed by atoms with E-state index in [2.05, 4.69) is 10.3 Å². The van der Waals surface area contributed by atoms with Crippen molar-refractivity contribution in [2.45, 2.75) is 58.3 Å². The Hall–Kier alpha value is -2.32. The molecule has 3 rings (SSSR count). The fourth-order valence-electron chi connectivity index (χ4n) is 3.25. The highest BCUT2D eigenvalue weighted by Gasteiger charge is 2.36. The van der Waals surface area contributed by atoms with Crippen LogP contribution in [0.5, 0.6) is 0 Å². The van der Waals surface area contributed by atoms with Crippen molar-refractivity contribution in [2.75, 3.05) is 6.54 Å². The van der Waals surface area contributed by atoms with Crippen molar-refractivity contribution >= 4 is 5.91 Å². The average Bonchev–Trinajstić information content (AvgIpc) is 3.26. The van der Waals surface area contributed by atoms with Crippen molar-refractivity contribution < 1.29 is 22.5 Å². The molecule has 0 radical (unpaired) electrons. The van der Waals surface area contributed by atoms with E-state index in [1.807, 2.05) is 13.0 Å². The summed E-state index contributed by atoms with van der Waals surface area (Å²) in [6.07, 6.45) is -1.23. The highest BCUT2D eigenvalue weighted by Crippen LogP contribution is 2.32. The van der Waals surface area contributed by atoms with E-state index in [4.69, 9.17) is 4.52 Å². The van der Waals surface area contributed by atoms with Gasteiger partial charge in [0, 0.05) is 24.7 Å². The molecule has 142 valence electrons. The van der Waals surface area contributed by atoms with E-state index < -0.39 is 11.9 Å². The van der Waals surface area contributed by atoms with Crippen molar-refractivity contribution in [3.8, 4) is 0 Å². The Bertz CT molecular complexity index is 781. The molecule has 1 aliphatic heterocycles. The van der Waals surface area contributed by atoms with E-state index in [9.17, 15) is 18.0 Å². The lowest BCUT2D eigenvalue weighted by atomic mass is 10.1. The Morgan fingerprint density at radius 1 is 1.38 bits per heavy atom. The summed E-state index contributed by atoms with van der Waals surface area (Å²) in [7, 11) is 0. The predicted octanol–water partition coefficient (Wildman–Crippen LogP) is 3.51. The number of aromatic nitrogens is 3. The van der Waals surface area contributed by atoms with Crippen LogP contribution in [0.15, 0.2) is 16.7 Å². The fourth-order valence-corrected chi connectivity index (χ4v) is 3.25. The zero-order valence-electron chi connectivity index (χ0n) is 14.7. The molecule has 3 heterocycles. The third-order valence-corrected chi connectivity index (χ3v) is 4.54. The zero-order chi connectivity index (χ0) is 18.9. The zero-order valence-corrected chi connectivity index (χ0v) is 14.7. The number of alkyl halides is 3. The summed E-state index contributed by atoms with van der Waals surface area (Å²) in [4.78, 5) is 14.3. The van der Waals surface area contributed by atoms with Crippen LogP contribution in [-0.2, 0) is 23.9 Å². The number of hydrogen-bond acceptors (Lipinski definition) is 4. The lowest BCUT2D eigenvalue weighted by Crippen LogP contribution is -2.34. The summed E-state index contributed by atoms with van der Waals surface area (Å²) in [6.45, 7) is 3.87. The second kappa shape index (κ2) is 7.13. The molecule has 0 N–H and O–H groups in total. The first kappa shape index (κ1) is 18.5. The van der Waals surface area contributed by atoms with E-state index in [1.165, 1.54) is 6.92 Å². The van der Waals surface area contributed by atoms with E-state index >= 15 is 0 Å². The third kappa shape index (κ3) is 3.76. The molecule has 2 aromatic heterocycles. The second-order valence-corrected chi connectivity index (χ2v) is 6.54. The molecule has 0 spiro atoms. The van der Waals surface area contributed by atoms with Gasteiger partial charge in [0.1, 0.15) is 18.0 Å². The van der Waals surface area contributed by atoms with Gasteiger partial charge in [-0.2, -0.15) is 18.3 Å². The largest absolute Gasteiger partial charge is 0.435 e. The van der Waals surface area contributed by atoms with Crippen LogP contribution in [0.4, 0.5) is 13.2 Å². The maximum absolute atomic E-state index is 12.8. The van der Waals surface area contributed by atoms with Crippen LogP contribution in [0.3, 0.4) is 0 Å². The molecule has 1 amide bonds. The molecule has 1 atom stereocenters. The first-order valence-electron chi connectivity index (χ1n) is 8.66. The molecule has 26 heavy (non-hydrogen) atoms. The summed E-state index contributed by atoms with van der Waals surface area (Å²) in [5, 5.41) is 7.60. The van der Waals surface area contributed by atoms with Gasteiger partial charge in [-0.05, 0) is 32.3 Å².